The summed E-state index contributed by atoms with van der Waals surface area (Å²) < 4.78 is 0. The lowest BCUT2D eigenvalue weighted by Crippen LogP contribution is -2.31. The number of benzene rings is 1. The van der Waals surface area contributed by atoms with Gasteiger partial charge in [-0.15, -0.1) is 0 Å². The molecule has 0 unspecified atom stereocenters. The van der Waals surface area contributed by atoms with Gasteiger partial charge in [-0.3, -0.25) is 15.0 Å². The van der Waals surface area contributed by atoms with Crippen LogP contribution in [0.5, 0.6) is 0 Å². The third-order valence-electron chi connectivity index (χ3n) is 3.65. The zero-order valence-electron chi connectivity index (χ0n) is 11.0. The smallest absolute Gasteiger partial charge is 0.272 e. The quantitative estimate of drug-likeness (QED) is 0.485. The van der Waals surface area contributed by atoms with Gasteiger partial charge in [-0.2, -0.15) is 0 Å². The Kier molecular flexibility index (Phi) is 4.87. The van der Waals surface area contributed by atoms with Crippen LogP contribution in [0.2, 0.25) is 0 Å². The summed E-state index contributed by atoms with van der Waals surface area (Å²) in [7, 11) is 0. The molecule has 0 atom stereocenters. The summed E-state index contributed by atoms with van der Waals surface area (Å²) in [6.45, 7) is 2.95. The second kappa shape index (κ2) is 6.63. The molecule has 104 valence electrons. The summed E-state index contributed by atoms with van der Waals surface area (Å²) in [5.74, 6) is 0. The first-order valence-corrected chi connectivity index (χ1v) is 6.80. The van der Waals surface area contributed by atoms with Gasteiger partial charge < -0.3 is 5.11 Å². The largest absolute Gasteiger partial charge is 0.396 e. The summed E-state index contributed by atoms with van der Waals surface area (Å²) in [5.41, 5.74) is 2.25. The number of nitro benzene ring substituents is 1. The molecule has 0 radical (unpaired) electrons. The predicted octanol–water partition coefficient (Wildman–Crippen LogP) is 2.12. The first-order chi connectivity index (χ1) is 9.22. The zero-order chi connectivity index (χ0) is 13.7. The molecule has 0 spiro atoms. The van der Waals surface area contributed by atoms with Crippen molar-refractivity contribution < 1.29 is 10.0 Å². The Bertz CT molecular complexity index is 448. The Morgan fingerprint density at radius 3 is 2.89 bits per heavy atom. The maximum absolute atomic E-state index is 11.0. The average molecular weight is 264 g/mol. The second-order valence-electron chi connectivity index (χ2n) is 4.98. The van der Waals surface area contributed by atoms with Crippen molar-refractivity contribution in [3.05, 3.63) is 39.4 Å². The zero-order valence-corrected chi connectivity index (χ0v) is 11.0. The normalized spacial score (nSPS) is 15.2. The molecule has 0 bridgehead atoms. The van der Waals surface area contributed by atoms with E-state index in [2.05, 4.69) is 4.90 Å². The number of hydrogen-bond donors (Lipinski definition) is 1. The molecule has 5 heteroatoms. The first kappa shape index (κ1) is 14.0. The lowest BCUT2D eigenvalue weighted by atomic mass is 9.97. The molecule has 0 aliphatic carbocycles. The minimum absolute atomic E-state index is 0.259. The Hall–Kier alpha value is -1.46. The van der Waals surface area contributed by atoms with Crippen LogP contribution in [0.3, 0.4) is 0 Å². The minimum Gasteiger partial charge on any atom is -0.396 e. The highest BCUT2D eigenvalue weighted by molar-refractivity contribution is 5.46. The van der Waals surface area contributed by atoms with Crippen molar-refractivity contribution in [2.45, 2.75) is 32.2 Å². The number of aliphatic hydroxyl groups excluding tert-OH is 1. The van der Waals surface area contributed by atoms with Gasteiger partial charge in [0.2, 0.25) is 0 Å². The maximum Gasteiger partial charge on any atom is 0.272 e. The van der Waals surface area contributed by atoms with Crippen molar-refractivity contribution in [2.24, 2.45) is 0 Å². The van der Waals surface area contributed by atoms with Gasteiger partial charge >= 0.3 is 0 Å². The van der Waals surface area contributed by atoms with Gasteiger partial charge in [-0.25, -0.2) is 0 Å². The number of unbranched alkanes of at least 4 members (excludes halogenated alkanes) is 2. The Morgan fingerprint density at radius 1 is 1.32 bits per heavy atom. The summed E-state index contributed by atoms with van der Waals surface area (Å²) in [6.07, 6.45) is 3.72. The maximum atomic E-state index is 11.0. The van der Waals surface area contributed by atoms with Gasteiger partial charge in [0.05, 0.1) is 4.92 Å². The molecule has 0 aromatic heterocycles. The third-order valence-corrected chi connectivity index (χ3v) is 3.65. The number of hydrogen-bond acceptors (Lipinski definition) is 4. The van der Waals surface area contributed by atoms with E-state index >= 15 is 0 Å². The molecule has 1 aliphatic heterocycles. The highest BCUT2D eigenvalue weighted by Crippen LogP contribution is 2.27. The van der Waals surface area contributed by atoms with Gasteiger partial charge in [0.25, 0.3) is 5.69 Å². The molecule has 1 N–H and O–H groups in total. The van der Waals surface area contributed by atoms with E-state index in [4.69, 9.17) is 5.11 Å². The van der Waals surface area contributed by atoms with Crippen LogP contribution in [-0.4, -0.2) is 34.6 Å². The molecule has 0 saturated carbocycles. The number of fused-ring (bicyclic) bond motifs is 1. The van der Waals surface area contributed by atoms with Gasteiger partial charge in [-0.1, -0.05) is 12.1 Å². The van der Waals surface area contributed by atoms with Crippen LogP contribution in [-0.2, 0) is 13.0 Å². The summed E-state index contributed by atoms with van der Waals surface area (Å²) in [4.78, 5) is 13.0. The number of rotatable bonds is 6. The SMILES string of the molecule is O=[N+]([O-])c1cccc2c1CCN(CCCCCO)C2. The molecule has 19 heavy (non-hydrogen) atoms. The van der Waals surface area contributed by atoms with Gasteiger partial charge in [0.15, 0.2) is 0 Å². The Labute approximate surface area is 113 Å². The Morgan fingerprint density at radius 2 is 2.16 bits per heavy atom. The van der Waals surface area contributed by atoms with Crippen molar-refractivity contribution in [2.75, 3.05) is 19.7 Å². The molecular weight excluding hydrogens is 244 g/mol. The van der Waals surface area contributed by atoms with E-state index in [0.717, 1.165) is 56.4 Å². The molecule has 1 aliphatic rings. The van der Waals surface area contributed by atoms with Crippen LogP contribution < -0.4 is 0 Å². The molecule has 5 nitrogen and oxygen atoms in total. The number of nitrogens with zero attached hydrogens (tertiary/aromatic N) is 2. The summed E-state index contributed by atoms with van der Waals surface area (Å²) >= 11 is 0. The molecule has 2 rings (SSSR count). The predicted molar refractivity (Wildman–Crippen MR) is 73.0 cm³/mol. The van der Waals surface area contributed by atoms with E-state index in [9.17, 15) is 10.1 Å². The average Bonchev–Trinajstić information content (AvgIpc) is 2.42. The fourth-order valence-corrected chi connectivity index (χ4v) is 2.63. The molecule has 0 fully saturated rings. The summed E-state index contributed by atoms with van der Waals surface area (Å²) in [6, 6.07) is 5.35. The monoisotopic (exact) mass is 264 g/mol. The van der Waals surface area contributed by atoms with Gasteiger partial charge in [0.1, 0.15) is 0 Å². The highest BCUT2D eigenvalue weighted by atomic mass is 16.6. The van der Waals surface area contributed by atoms with Crippen LogP contribution in [0.25, 0.3) is 0 Å². The van der Waals surface area contributed by atoms with Crippen LogP contribution >= 0.6 is 0 Å². The molecule has 0 amide bonds. The van der Waals surface area contributed by atoms with E-state index < -0.39 is 0 Å². The minimum atomic E-state index is -0.282. The summed E-state index contributed by atoms with van der Waals surface area (Å²) in [5, 5.41) is 19.7. The fraction of sp³-hybridized carbons (Fsp3) is 0.571. The molecular formula is C14H20N2O3. The van der Waals surface area contributed by atoms with E-state index in [0.29, 0.717) is 0 Å². The van der Waals surface area contributed by atoms with Gasteiger partial charge in [-0.05, 0) is 37.8 Å². The van der Waals surface area contributed by atoms with Crippen molar-refractivity contribution >= 4 is 5.69 Å². The lowest BCUT2D eigenvalue weighted by Gasteiger charge is -2.28. The molecule has 1 aromatic rings. The van der Waals surface area contributed by atoms with Crippen LogP contribution in [0.1, 0.15) is 30.4 Å². The number of nitro groups is 1. The Balaban J connectivity index is 1.96. The third kappa shape index (κ3) is 3.52. The van der Waals surface area contributed by atoms with Crippen LogP contribution in [0, 0.1) is 10.1 Å². The molecule has 1 aromatic carbocycles. The lowest BCUT2D eigenvalue weighted by molar-refractivity contribution is -0.385. The van der Waals surface area contributed by atoms with Gasteiger partial charge in [0, 0.05) is 31.3 Å². The van der Waals surface area contributed by atoms with E-state index in [1.807, 2.05) is 6.07 Å². The fourth-order valence-electron chi connectivity index (χ4n) is 2.63. The standard InChI is InChI=1S/C14H20N2O3/c17-10-3-1-2-8-15-9-7-13-12(11-15)5-4-6-14(13)16(18)19/h4-6,17H,1-3,7-11H2. The van der Waals surface area contributed by atoms with Crippen molar-refractivity contribution in [3.63, 3.8) is 0 Å². The van der Waals surface area contributed by atoms with Crippen LogP contribution in [0.4, 0.5) is 5.69 Å². The molecule has 0 saturated heterocycles. The van der Waals surface area contributed by atoms with E-state index in [-0.39, 0.29) is 17.2 Å². The van der Waals surface area contributed by atoms with Crippen molar-refractivity contribution in [1.29, 1.82) is 0 Å². The highest BCUT2D eigenvalue weighted by Gasteiger charge is 2.23. The van der Waals surface area contributed by atoms with Crippen molar-refractivity contribution in [1.82, 2.24) is 4.90 Å². The van der Waals surface area contributed by atoms with E-state index in [1.165, 1.54) is 0 Å². The molecule has 1 heterocycles. The van der Waals surface area contributed by atoms with Crippen molar-refractivity contribution in [3.8, 4) is 0 Å². The second-order valence-corrected chi connectivity index (χ2v) is 4.98. The number of aliphatic hydroxyl groups is 1. The first-order valence-electron chi connectivity index (χ1n) is 6.80. The van der Waals surface area contributed by atoms with E-state index in [1.54, 1.807) is 12.1 Å². The topological polar surface area (TPSA) is 66.6 Å². The van der Waals surface area contributed by atoms with Crippen LogP contribution in [0.15, 0.2) is 18.2 Å².